The van der Waals surface area contributed by atoms with Crippen LogP contribution in [-0.2, 0) is 11.2 Å². The van der Waals surface area contributed by atoms with Gasteiger partial charge in [0.05, 0.1) is 12.6 Å². The SMILES string of the molecule is O=C(O)[C@@H]1Cc2c([nH]c3ccccc23)C([C@@H](O)[C@H](O)[C@@H](O)[C@H](O)CO)N1. The van der Waals surface area contributed by atoms with Crippen LogP contribution in [0, 0.1) is 0 Å². The van der Waals surface area contributed by atoms with Crippen molar-refractivity contribution in [1.29, 1.82) is 0 Å². The molecule has 142 valence electrons. The highest BCUT2D eigenvalue weighted by Gasteiger charge is 2.41. The van der Waals surface area contributed by atoms with E-state index < -0.39 is 49.1 Å². The smallest absolute Gasteiger partial charge is 0.321 e. The van der Waals surface area contributed by atoms with Gasteiger partial charge in [-0.15, -0.1) is 0 Å². The van der Waals surface area contributed by atoms with Gasteiger partial charge in [-0.1, -0.05) is 18.2 Å². The van der Waals surface area contributed by atoms with E-state index in [0.717, 1.165) is 10.9 Å². The number of carboxylic acids is 1. The average Bonchev–Trinajstić information content (AvgIpc) is 3.03. The van der Waals surface area contributed by atoms with Crippen molar-refractivity contribution in [3.05, 3.63) is 35.5 Å². The molecule has 3 rings (SSSR count). The van der Waals surface area contributed by atoms with Crippen molar-refractivity contribution in [2.24, 2.45) is 0 Å². The zero-order valence-corrected chi connectivity index (χ0v) is 13.8. The van der Waals surface area contributed by atoms with Crippen LogP contribution >= 0.6 is 0 Å². The fourth-order valence-electron chi connectivity index (χ4n) is 3.43. The second kappa shape index (κ2) is 7.31. The summed E-state index contributed by atoms with van der Waals surface area (Å²) < 4.78 is 0. The molecule has 9 nitrogen and oxygen atoms in total. The molecule has 6 atom stereocenters. The van der Waals surface area contributed by atoms with Crippen LogP contribution in [0.5, 0.6) is 0 Å². The maximum absolute atomic E-state index is 11.5. The van der Waals surface area contributed by atoms with Crippen LogP contribution in [0.4, 0.5) is 0 Å². The number of carboxylic acid groups (broad SMARTS) is 1. The van der Waals surface area contributed by atoms with Gasteiger partial charge < -0.3 is 35.6 Å². The average molecular weight is 366 g/mol. The van der Waals surface area contributed by atoms with Crippen LogP contribution in [0.3, 0.4) is 0 Å². The molecule has 0 bridgehead atoms. The molecule has 0 spiro atoms. The summed E-state index contributed by atoms with van der Waals surface area (Å²) in [7, 11) is 0. The second-order valence-corrected chi connectivity index (χ2v) is 6.52. The number of aliphatic hydroxyl groups excluding tert-OH is 5. The molecule has 1 unspecified atom stereocenters. The van der Waals surface area contributed by atoms with E-state index in [1.807, 2.05) is 24.3 Å². The quantitative estimate of drug-likeness (QED) is 0.298. The molecule has 26 heavy (non-hydrogen) atoms. The van der Waals surface area contributed by atoms with E-state index >= 15 is 0 Å². The van der Waals surface area contributed by atoms with Gasteiger partial charge in [0.15, 0.2) is 0 Å². The molecule has 0 amide bonds. The minimum absolute atomic E-state index is 0.190. The van der Waals surface area contributed by atoms with Gasteiger partial charge in [0.2, 0.25) is 0 Å². The number of hydrogen-bond acceptors (Lipinski definition) is 7. The summed E-state index contributed by atoms with van der Waals surface area (Å²) in [5.74, 6) is -1.11. The molecular weight excluding hydrogens is 344 g/mol. The van der Waals surface area contributed by atoms with Crippen molar-refractivity contribution in [1.82, 2.24) is 10.3 Å². The molecule has 1 aliphatic heterocycles. The number of rotatable bonds is 6. The van der Waals surface area contributed by atoms with Crippen molar-refractivity contribution in [2.75, 3.05) is 6.61 Å². The number of aliphatic hydroxyl groups is 5. The monoisotopic (exact) mass is 366 g/mol. The number of nitrogens with one attached hydrogen (secondary N) is 2. The molecular formula is C17H22N2O7. The molecule has 0 fully saturated rings. The van der Waals surface area contributed by atoms with Crippen LogP contribution in [-0.4, -0.2) is 78.7 Å². The van der Waals surface area contributed by atoms with Crippen LogP contribution in [0.15, 0.2) is 24.3 Å². The lowest BCUT2D eigenvalue weighted by atomic mass is 9.88. The molecule has 0 saturated carbocycles. The van der Waals surface area contributed by atoms with Gasteiger partial charge in [-0.25, -0.2) is 0 Å². The Labute approximate surface area is 148 Å². The Balaban J connectivity index is 1.99. The van der Waals surface area contributed by atoms with E-state index in [1.54, 1.807) is 0 Å². The van der Waals surface area contributed by atoms with Crippen LogP contribution in [0.2, 0.25) is 0 Å². The van der Waals surface area contributed by atoms with E-state index in [1.165, 1.54) is 0 Å². The molecule has 0 radical (unpaired) electrons. The molecule has 2 aromatic rings. The summed E-state index contributed by atoms with van der Waals surface area (Å²) in [6.07, 6.45) is -6.67. The van der Waals surface area contributed by atoms with Crippen molar-refractivity contribution in [3.63, 3.8) is 0 Å². The number of aromatic nitrogens is 1. The van der Waals surface area contributed by atoms with E-state index in [4.69, 9.17) is 5.11 Å². The number of hydrogen-bond donors (Lipinski definition) is 8. The molecule has 1 aliphatic rings. The molecule has 9 heteroatoms. The Kier molecular flexibility index (Phi) is 5.28. The van der Waals surface area contributed by atoms with Crippen molar-refractivity contribution in [3.8, 4) is 0 Å². The van der Waals surface area contributed by atoms with Gasteiger partial charge in [0, 0.05) is 23.0 Å². The third-order valence-electron chi connectivity index (χ3n) is 4.87. The predicted molar refractivity (Wildman–Crippen MR) is 90.4 cm³/mol. The van der Waals surface area contributed by atoms with Gasteiger partial charge in [0.1, 0.15) is 30.5 Å². The summed E-state index contributed by atoms with van der Waals surface area (Å²) in [6.45, 7) is -0.793. The van der Waals surface area contributed by atoms with Crippen molar-refractivity contribution in [2.45, 2.75) is 42.9 Å². The third-order valence-corrected chi connectivity index (χ3v) is 4.87. The minimum Gasteiger partial charge on any atom is -0.480 e. The number of para-hydroxylation sites is 1. The normalized spacial score (nSPS) is 24.7. The van der Waals surface area contributed by atoms with Crippen LogP contribution in [0.1, 0.15) is 17.3 Å². The lowest BCUT2D eigenvalue weighted by molar-refractivity contribution is -0.142. The molecule has 1 aromatic carbocycles. The Morgan fingerprint density at radius 2 is 1.85 bits per heavy atom. The second-order valence-electron chi connectivity index (χ2n) is 6.52. The van der Waals surface area contributed by atoms with Crippen LogP contribution < -0.4 is 5.32 Å². The lowest BCUT2D eigenvalue weighted by Gasteiger charge is -2.36. The predicted octanol–water partition coefficient (Wildman–Crippen LogP) is -1.76. The molecule has 0 aliphatic carbocycles. The standard InChI is InChI=1S/C17H22N2O7/c20-6-11(21)14(22)16(24)15(23)13-12-8(5-10(19-13)17(25)26)7-3-1-2-4-9(7)18-12/h1-4,10-11,13-16,18-24H,5-6H2,(H,25,26)/t10-,11+,13?,14-,15+,16+/m0/s1. The van der Waals surface area contributed by atoms with Gasteiger partial charge >= 0.3 is 5.97 Å². The van der Waals surface area contributed by atoms with Crippen molar-refractivity contribution < 1.29 is 35.4 Å². The largest absolute Gasteiger partial charge is 0.480 e. The van der Waals surface area contributed by atoms with Crippen molar-refractivity contribution >= 4 is 16.9 Å². The zero-order valence-electron chi connectivity index (χ0n) is 13.8. The first kappa shape index (κ1) is 18.8. The van der Waals surface area contributed by atoms with E-state index in [0.29, 0.717) is 11.3 Å². The zero-order chi connectivity index (χ0) is 19.0. The topological polar surface area (TPSA) is 166 Å². The summed E-state index contributed by atoms with van der Waals surface area (Å²) in [6, 6.07) is 5.27. The Bertz CT molecular complexity index is 793. The van der Waals surface area contributed by atoms with Gasteiger partial charge in [-0.05, 0) is 11.6 Å². The maximum atomic E-state index is 11.5. The number of fused-ring (bicyclic) bond motifs is 3. The highest BCUT2D eigenvalue weighted by Crippen LogP contribution is 2.34. The highest BCUT2D eigenvalue weighted by molar-refractivity contribution is 5.86. The molecule has 0 saturated heterocycles. The first-order valence-corrected chi connectivity index (χ1v) is 8.26. The van der Waals surface area contributed by atoms with E-state index in [2.05, 4.69) is 10.3 Å². The highest BCUT2D eigenvalue weighted by atomic mass is 16.4. The van der Waals surface area contributed by atoms with Gasteiger partial charge in [0.25, 0.3) is 0 Å². The molecule has 1 aromatic heterocycles. The number of aromatic amines is 1. The summed E-state index contributed by atoms with van der Waals surface area (Å²) in [5.41, 5.74) is 1.98. The number of H-pyrrole nitrogens is 1. The number of benzene rings is 1. The summed E-state index contributed by atoms with van der Waals surface area (Å²) >= 11 is 0. The summed E-state index contributed by atoms with van der Waals surface area (Å²) in [4.78, 5) is 14.6. The van der Waals surface area contributed by atoms with Gasteiger partial charge in [-0.2, -0.15) is 0 Å². The first-order valence-electron chi connectivity index (χ1n) is 8.26. The number of carbonyl (C=O) groups is 1. The number of aliphatic carboxylic acids is 1. The fourth-order valence-corrected chi connectivity index (χ4v) is 3.43. The summed E-state index contributed by atoms with van der Waals surface area (Å²) in [5, 5.41) is 62.0. The Morgan fingerprint density at radius 1 is 1.15 bits per heavy atom. The fraction of sp³-hybridized carbons (Fsp3) is 0.471. The van der Waals surface area contributed by atoms with E-state index in [-0.39, 0.29) is 6.42 Å². The Morgan fingerprint density at radius 3 is 2.50 bits per heavy atom. The van der Waals surface area contributed by atoms with Gasteiger partial charge in [-0.3, -0.25) is 10.1 Å². The molecule has 8 N–H and O–H groups in total. The first-order chi connectivity index (χ1) is 12.3. The third kappa shape index (κ3) is 3.20. The lowest BCUT2D eigenvalue weighted by Crippen LogP contribution is -2.54. The van der Waals surface area contributed by atoms with E-state index in [9.17, 15) is 30.3 Å². The maximum Gasteiger partial charge on any atom is 0.321 e. The Hall–Kier alpha value is -2.01. The van der Waals surface area contributed by atoms with Crippen LogP contribution in [0.25, 0.3) is 10.9 Å². The molecule has 2 heterocycles. The minimum atomic E-state index is -1.80.